The van der Waals surface area contributed by atoms with Gasteiger partial charge in [-0.05, 0) is 35.2 Å². The normalized spacial score (nSPS) is 13.1. The number of nitrogens with two attached hydrogens (primary N) is 1. The van der Waals surface area contributed by atoms with Crippen LogP contribution in [0.4, 0.5) is 0 Å². The molecular weight excluding hydrogens is 184 g/mol. The van der Waals surface area contributed by atoms with Gasteiger partial charge in [0.15, 0.2) is 0 Å². The maximum absolute atomic E-state index is 5.37. The standard InChI is InChI=1S/C9H16N2OS/c1-12-6-9(11-10)3-2-8-4-5-13-7-8/h4-5,7,9,11H,2-3,6,10H2,1H3. The highest BCUT2D eigenvalue weighted by atomic mass is 32.1. The third kappa shape index (κ3) is 3.87. The summed E-state index contributed by atoms with van der Waals surface area (Å²) < 4.78 is 5.02. The van der Waals surface area contributed by atoms with Crippen molar-refractivity contribution in [3.05, 3.63) is 22.4 Å². The second-order valence-electron chi connectivity index (χ2n) is 2.99. The lowest BCUT2D eigenvalue weighted by Gasteiger charge is -2.13. The summed E-state index contributed by atoms with van der Waals surface area (Å²) >= 11 is 1.73. The molecule has 0 amide bonds. The van der Waals surface area contributed by atoms with Crippen LogP contribution in [0.1, 0.15) is 12.0 Å². The van der Waals surface area contributed by atoms with Crippen LogP contribution in [-0.2, 0) is 11.2 Å². The first kappa shape index (κ1) is 10.7. The van der Waals surface area contributed by atoms with E-state index in [2.05, 4.69) is 22.3 Å². The van der Waals surface area contributed by atoms with Crippen molar-refractivity contribution in [2.45, 2.75) is 18.9 Å². The zero-order valence-corrected chi connectivity index (χ0v) is 8.64. The lowest BCUT2D eigenvalue weighted by Crippen LogP contribution is -2.38. The molecule has 0 bridgehead atoms. The molecule has 0 spiro atoms. The zero-order valence-electron chi connectivity index (χ0n) is 7.82. The van der Waals surface area contributed by atoms with Crippen LogP contribution in [0.15, 0.2) is 16.8 Å². The van der Waals surface area contributed by atoms with Crippen molar-refractivity contribution in [2.24, 2.45) is 5.84 Å². The quantitative estimate of drug-likeness (QED) is 0.535. The first-order valence-corrected chi connectivity index (χ1v) is 5.27. The van der Waals surface area contributed by atoms with E-state index in [0.29, 0.717) is 6.61 Å². The van der Waals surface area contributed by atoms with E-state index in [1.807, 2.05) is 0 Å². The van der Waals surface area contributed by atoms with Crippen LogP contribution in [0.25, 0.3) is 0 Å². The van der Waals surface area contributed by atoms with Gasteiger partial charge in [0.25, 0.3) is 0 Å². The average Bonchev–Trinajstić information content (AvgIpc) is 2.64. The fourth-order valence-corrected chi connectivity index (χ4v) is 1.89. The van der Waals surface area contributed by atoms with Crippen LogP contribution in [0, 0.1) is 0 Å². The van der Waals surface area contributed by atoms with Crippen molar-refractivity contribution in [2.75, 3.05) is 13.7 Å². The highest BCUT2D eigenvalue weighted by Crippen LogP contribution is 2.09. The third-order valence-corrected chi connectivity index (χ3v) is 2.70. The Bertz CT molecular complexity index is 213. The predicted molar refractivity (Wildman–Crippen MR) is 55.6 cm³/mol. The second-order valence-corrected chi connectivity index (χ2v) is 3.77. The van der Waals surface area contributed by atoms with Crippen molar-refractivity contribution >= 4 is 11.3 Å². The lowest BCUT2D eigenvalue weighted by molar-refractivity contribution is 0.163. The number of nitrogens with one attached hydrogen (secondary N) is 1. The minimum absolute atomic E-state index is 0.255. The molecule has 74 valence electrons. The van der Waals surface area contributed by atoms with Gasteiger partial charge in [0.2, 0.25) is 0 Å². The van der Waals surface area contributed by atoms with Crippen molar-refractivity contribution in [3.63, 3.8) is 0 Å². The van der Waals surface area contributed by atoms with Gasteiger partial charge in [-0.15, -0.1) is 0 Å². The second kappa shape index (κ2) is 6.10. The van der Waals surface area contributed by atoms with Crippen molar-refractivity contribution in [1.82, 2.24) is 5.43 Å². The summed E-state index contributed by atoms with van der Waals surface area (Å²) in [5.41, 5.74) is 4.12. The van der Waals surface area contributed by atoms with E-state index >= 15 is 0 Å². The van der Waals surface area contributed by atoms with Gasteiger partial charge in [0, 0.05) is 13.2 Å². The molecule has 0 aliphatic carbocycles. The maximum atomic E-state index is 5.37. The highest BCUT2D eigenvalue weighted by molar-refractivity contribution is 7.07. The third-order valence-electron chi connectivity index (χ3n) is 1.97. The van der Waals surface area contributed by atoms with E-state index in [-0.39, 0.29) is 6.04 Å². The Morgan fingerprint density at radius 1 is 1.69 bits per heavy atom. The number of hydrogen-bond donors (Lipinski definition) is 2. The smallest absolute Gasteiger partial charge is 0.0629 e. The number of hydrazine groups is 1. The number of hydrogen-bond acceptors (Lipinski definition) is 4. The first-order valence-electron chi connectivity index (χ1n) is 4.33. The summed E-state index contributed by atoms with van der Waals surface area (Å²) in [5.74, 6) is 5.37. The van der Waals surface area contributed by atoms with Crippen LogP contribution >= 0.6 is 11.3 Å². The van der Waals surface area contributed by atoms with E-state index in [1.165, 1.54) is 5.56 Å². The van der Waals surface area contributed by atoms with Gasteiger partial charge in [-0.25, -0.2) is 0 Å². The molecule has 1 aromatic heterocycles. The average molecular weight is 200 g/mol. The molecule has 0 radical (unpaired) electrons. The lowest BCUT2D eigenvalue weighted by atomic mass is 10.1. The Morgan fingerprint density at radius 2 is 2.54 bits per heavy atom. The Kier molecular flexibility index (Phi) is 5.00. The van der Waals surface area contributed by atoms with Gasteiger partial charge in [-0.1, -0.05) is 0 Å². The summed E-state index contributed by atoms with van der Waals surface area (Å²) in [4.78, 5) is 0. The van der Waals surface area contributed by atoms with Crippen LogP contribution in [0.3, 0.4) is 0 Å². The van der Waals surface area contributed by atoms with E-state index in [0.717, 1.165) is 12.8 Å². The van der Waals surface area contributed by atoms with Crippen LogP contribution in [0.2, 0.25) is 0 Å². The summed E-state index contributed by atoms with van der Waals surface area (Å²) in [5, 5.41) is 4.26. The highest BCUT2D eigenvalue weighted by Gasteiger charge is 2.05. The maximum Gasteiger partial charge on any atom is 0.0629 e. The van der Waals surface area contributed by atoms with Gasteiger partial charge < -0.3 is 4.74 Å². The summed E-state index contributed by atoms with van der Waals surface area (Å²) in [6.07, 6.45) is 2.07. The molecule has 0 saturated heterocycles. The van der Waals surface area contributed by atoms with Crippen LogP contribution in [-0.4, -0.2) is 19.8 Å². The molecule has 3 N–H and O–H groups in total. The van der Waals surface area contributed by atoms with E-state index in [9.17, 15) is 0 Å². The molecule has 1 heterocycles. The van der Waals surface area contributed by atoms with Gasteiger partial charge in [-0.3, -0.25) is 11.3 Å². The summed E-state index contributed by atoms with van der Waals surface area (Å²) in [6, 6.07) is 2.40. The first-order chi connectivity index (χ1) is 6.36. The minimum atomic E-state index is 0.255. The molecule has 1 rings (SSSR count). The number of rotatable bonds is 6. The SMILES string of the molecule is COCC(CCc1ccsc1)NN. The molecular formula is C9H16N2OS. The topological polar surface area (TPSA) is 47.3 Å². The summed E-state index contributed by atoms with van der Waals surface area (Å²) in [7, 11) is 1.69. The Hall–Kier alpha value is -0.420. The molecule has 0 aliphatic rings. The van der Waals surface area contributed by atoms with Crippen LogP contribution < -0.4 is 11.3 Å². The van der Waals surface area contributed by atoms with E-state index in [1.54, 1.807) is 18.4 Å². The predicted octanol–water partition coefficient (Wildman–Crippen LogP) is 1.16. The van der Waals surface area contributed by atoms with Gasteiger partial charge >= 0.3 is 0 Å². The number of ether oxygens (including phenoxy) is 1. The van der Waals surface area contributed by atoms with Crippen molar-refractivity contribution < 1.29 is 4.74 Å². The molecule has 1 atom stereocenters. The molecule has 0 aliphatic heterocycles. The van der Waals surface area contributed by atoms with E-state index in [4.69, 9.17) is 10.6 Å². The molecule has 1 unspecified atom stereocenters. The molecule has 1 aromatic rings. The number of methoxy groups -OCH3 is 1. The Labute approximate surface area is 82.9 Å². The molecule has 0 saturated carbocycles. The Balaban J connectivity index is 2.23. The largest absolute Gasteiger partial charge is 0.383 e. The van der Waals surface area contributed by atoms with Crippen LogP contribution in [0.5, 0.6) is 0 Å². The summed E-state index contributed by atoms with van der Waals surface area (Å²) in [6.45, 7) is 0.667. The fourth-order valence-electron chi connectivity index (χ4n) is 1.19. The molecule has 3 nitrogen and oxygen atoms in total. The molecule has 13 heavy (non-hydrogen) atoms. The Morgan fingerprint density at radius 3 is 3.08 bits per heavy atom. The van der Waals surface area contributed by atoms with Crippen molar-refractivity contribution in [1.29, 1.82) is 0 Å². The number of aryl methyl sites for hydroxylation is 1. The van der Waals surface area contributed by atoms with Crippen molar-refractivity contribution in [3.8, 4) is 0 Å². The van der Waals surface area contributed by atoms with E-state index < -0.39 is 0 Å². The zero-order chi connectivity index (χ0) is 9.52. The van der Waals surface area contributed by atoms with Gasteiger partial charge in [0.05, 0.1) is 6.61 Å². The molecule has 4 heteroatoms. The minimum Gasteiger partial charge on any atom is -0.383 e. The monoisotopic (exact) mass is 200 g/mol. The molecule has 0 fully saturated rings. The van der Waals surface area contributed by atoms with Gasteiger partial charge in [-0.2, -0.15) is 11.3 Å². The fraction of sp³-hybridized carbons (Fsp3) is 0.556. The number of thiophene rings is 1. The van der Waals surface area contributed by atoms with Gasteiger partial charge in [0.1, 0.15) is 0 Å². The molecule has 0 aromatic carbocycles.